The highest BCUT2D eigenvalue weighted by molar-refractivity contribution is 6.90. The zero-order valence-corrected chi connectivity index (χ0v) is 19.7. The smallest absolute Gasteiger partial charge is 0.144 e. The SMILES string of the molecule is CC1CCC(C)C1c1ccnc(-c2ccc([Si](C)(C)C)c3c2oc2ccccc23)c1. The minimum Gasteiger partial charge on any atom is -0.455 e. The minimum absolute atomic E-state index is 0.624. The van der Waals surface area contributed by atoms with Crippen LogP contribution in [0.1, 0.15) is 38.2 Å². The first-order chi connectivity index (χ1) is 14.3. The first-order valence-corrected chi connectivity index (χ1v) is 14.8. The van der Waals surface area contributed by atoms with E-state index < -0.39 is 8.07 Å². The van der Waals surface area contributed by atoms with Gasteiger partial charge in [0.05, 0.1) is 13.8 Å². The molecule has 4 aromatic rings. The van der Waals surface area contributed by atoms with Crippen LogP contribution in [0.3, 0.4) is 0 Å². The Bertz CT molecular complexity index is 1220. The highest BCUT2D eigenvalue weighted by Crippen LogP contribution is 2.44. The van der Waals surface area contributed by atoms with Crippen LogP contribution in [0.4, 0.5) is 0 Å². The molecule has 0 amide bonds. The lowest BCUT2D eigenvalue weighted by atomic mass is 9.85. The largest absolute Gasteiger partial charge is 0.455 e. The number of para-hydroxylation sites is 1. The van der Waals surface area contributed by atoms with E-state index in [0.717, 1.165) is 34.3 Å². The van der Waals surface area contributed by atoms with Gasteiger partial charge in [-0.25, -0.2) is 0 Å². The van der Waals surface area contributed by atoms with Crippen LogP contribution in [0, 0.1) is 11.8 Å². The molecule has 1 fully saturated rings. The van der Waals surface area contributed by atoms with E-state index in [1.165, 1.54) is 34.4 Å². The first-order valence-electron chi connectivity index (χ1n) is 11.3. The fraction of sp³-hybridized carbons (Fsp3) is 0.370. The molecule has 2 heterocycles. The van der Waals surface area contributed by atoms with Gasteiger partial charge in [0.25, 0.3) is 0 Å². The molecule has 154 valence electrons. The molecule has 0 bridgehead atoms. The van der Waals surface area contributed by atoms with Crippen molar-refractivity contribution in [2.75, 3.05) is 0 Å². The summed E-state index contributed by atoms with van der Waals surface area (Å²) in [6.07, 6.45) is 4.63. The van der Waals surface area contributed by atoms with Crippen LogP contribution in [-0.2, 0) is 0 Å². The molecule has 1 saturated carbocycles. The molecule has 1 aliphatic rings. The summed E-state index contributed by atoms with van der Waals surface area (Å²) >= 11 is 0. The van der Waals surface area contributed by atoms with Gasteiger partial charge in [0.1, 0.15) is 11.2 Å². The summed E-state index contributed by atoms with van der Waals surface area (Å²) in [7, 11) is -1.53. The average molecular weight is 414 g/mol. The van der Waals surface area contributed by atoms with Crippen LogP contribution < -0.4 is 5.19 Å². The molecular weight excluding hydrogens is 382 g/mol. The van der Waals surface area contributed by atoms with Crippen LogP contribution in [-0.4, -0.2) is 13.1 Å². The van der Waals surface area contributed by atoms with Gasteiger partial charge in [-0.3, -0.25) is 4.98 Å². The second-order valence-electron chi connectivity index (χ2n) is 10.2. The molecule has 5 rings (SSSR count). The standard InChI is InChI=1S/C27H31NOSi/c1-17-10-11-18(2)25(17)19-14-15-28-22(16-19)20-12-13-24(30(3,4)5)26-21-8-6-7-9-23(21)29-27(20)26/h6-9,12-18,25H,10-11H2,1-5H3. The minimum atomic E-state index is -1.53. The number of benzene rings is 2. The molecule has 2 nitrogen and oxygen atoms in total. The lowest BCUT2D eigenvalue weighted by Gasteiger charge is -2.21. The molecule has 0 saturated heterocycles. The fourth-order valence-electron chi connectivity index (χ4n) is 5.56. The third-order valence-corrected chi connectivity index (χ3v) is 9.12. The van der Waals surface area contributed by atoms with Gasteiger partial charge in [-0.15, -0.1) is 0 Å². The summed E-state index contributed by atoms with van der Waals surface area (Å²) < 4.78 is 6.46. The van der Waals surface area contributed by atoms with Crippen molar-refractivity contribution in [1.82, 2.24) is 4.98 Å². The molecule has 2 aromatic carbocycles. The summed E-state index contributed by atoms with van der Waals surface area (Å²) in [5.41, 5.74) is 5.53. The predicted molar refractivity (Wildman–Crippen MR) is 130 cm³/mol. The zero-order valence-electron chi connectivity index (χ0n) is 18.7. The number of hydrogen-bond acceptors (Lipinski definition) is 2. The van der Waals surface area contributed by atoms with Crippen LogP contribution in [0.15, 0.2) is 59.1 Å². The summed E-state index contributed by atoms with van der Waals surface area (Å²) in [5, 5.41) is 3.97. The van der Waals surface area contributed by atoms with Gasteiger partial charge in [-0.05, 0) is 65.6 Å². The maximum absolute atomic E-state index is 6.46. The van der Waals surface area contributed by atoms with Crippen molar-refractivity contribution < 1.29 is 4.42 Å². The predicted octanol–water partition coefficient (Wildman–Crippen LogP) is 7.34. The summed E-state index contributed by atoms with van der Waals surface area (Å²) in [5.74, 6) is 2.09. The molecule has 2 atom stereocenters. The van der Waals surface area contributed by atoms with Gasteiger partial charge in [-0.2, -0.15) is 0 Å². The van der Waals surface area contributed by atoms with Crippen LogP contribution >= 0.6 is 0 Å². The number of hydrogen-bond donors (Lipinski definition) is 0. The van der Waals surface area contributed by atoms with E-state index in [2.05, 4.69) is 82.0 Å². The van der Waals surface area contributed by atoms with Gasteiger partial charge >= 0.3 is 0 Å². The lowest BCUT2D eigenvalue weighted by Crippen LogP contribution is -2.37. The van der Waals surface area contributed by atoms with Crippen LogP contribution in [0.5, 0.6) is 0 Å². The van der Waals surface area contributed by atoms with Gasteiger partial charge in [0, 0.05) is 22.5 Å². The highest BCUT2D eigenvalue weighted by atomic mass is 28.3. The Balaban J connectivity index is 1.74. The quantitative estimate of drug-likeness (QED) is 0.328. The summed E-state index contributed by atoms with van der Waals surface area (Å²) in [6.45, 7) is 12.0. The molecule has 2 aromatic heterocycles. The van der Waals surface area contributed by atoms with Gasteiger partial charge in [0.2, 0.25) is 0 Å². The first kappa shape index (κ1) is 19.6. The van der Waals surface area contributed by atoms with Gasteiger partial charge in [0.15, 0.2) is 0 Å². The Morgan fingerprint density at radius 3 is 2.40 bits per heavy atom. The van der Waals surface area contributed by atoms with Crippen LogP contribution in [0.2, 0.25) is 19.6 Å². The van der Waals surface area contributed by atoms with Crippen LogP contribution in [0.25, 0.3) is 33.2 Å². The van der Waals surface area contributed by atoms with Crippen molar-refractivity contribution in [3.63, 3.8) is 0 Å². The number of fused-ring (bicyclic) bond motifs is 3. The molecule has 0 aliphatic heterocycles. The van der Waals surface area contributed by atoms with Crippen molar-refractivity contribution >= 4 is 35.2 Å². The van der Waals surface area contributed by atoms with E-state index in [4.69, 9.17) is 9.40 Å². The summed E-state index contributed by atoms with van der Waals surface area (Å²) in [6, 6.07) is 17.6. The second kappa shape index (κ2) is 7.09. The topological polar surface area (TPSA) is 26.0 Å². The van der Waals surface area contributed by atoms with E-state index >= 15 is 0 Å². The zero-order chi connectivity index (χ0) is 21.0. The fourth-order valence-corrected chi connectivity index (χ4v) is 7.14. The Morgan fingerprint density at radius 1 is 0.933 bits per heavy atom. The monoisotopic (exact) mass is 413 g/mol. The van der Waals surface area contributed by atoms with E-state index in [9.17, 15) is 0 Å². The normalized spacial score (nSPS) is 22.2. The van der Waals surface area contributed by atoms with E-state index in [1.807, 2.05) is 6.20 Å². The number of furan rings is 1. The third-order valence-electron chi connectivity index (χ3n) is 7.08. The van der Waals surface area contributed by atoms with Gasteiger partial charge < -0.3 is 4.42 Å². The molecule has 0 spiro atoms. The van der Waals surface area contributed by atoms with Crippen molar-refractivity contribution in [2.45, 2.75) is 52.2 Å². The van der Waals surface area contributed by atoms with Crippen molar-refractivity contribution in [2.24, 2.45) is 11.8 Å². The molecule has 3 heteroatoms. The molecule has 0 N–H and O–H groups in total. The maximum Gasteiger partial charge on any atom is 0.144 e. The van der Waals surface area contributed by atoms with Crippen molar-refractivity contribution in [3.05, 3.63) is 60.3 Å². The lowest BCUT2D eigenvalue weighted by molar-refractivity contribution is 0.460. The second-order valence-corrected chi connectivity index (χ2v) is 15.3. The number of pyridine rings is 1. The Hall–Kier alpha value is -2.39. The molecule has 0 radical (unpaired) electrons. The number of nitrogens with zero attached hydrogens (tertiary/aromatic N) is 1. The molecular formula is C27H31NOSi. The highest BCUT2D eigenvalue weighted by Gasteiger charge is 2.32. The van der Waals surface area contributed by atoms with E-state index in [0.29, 0.717) is 5.92 Å². The van der Waals surface area contributed by atoms with Crippen molar-refractivity contribution in [1.29, 1.82) is 0 Å². The van der Waals surface area contributed by atoms with Gasteiger partial charge in [-0.1, -0.05) is 57.8 Å². The molecule has 2 unspecified atom stereocenters. The Kier molecular flexibility index (Phi) is 4.62. The van der Waals surface area contributed by atoms with E-state index in [-0.39, 0.29) is 0 Å². The maximum atomic E-state index is 6.46. The average Bonchev–Trinajstić information content (AvgIpc) is 3.26. The molecule has 30 heavy (non-hydrogen) atoms. The Morgan fingerprint density at radius 2 is 1.67 bits per heavy atom. The number of rotatable bonds is 3. The molecule has 1 aliphatic carbocycles. The summed E-state index contributed by atoms with van der Waals surface area (Å²) in [4.78, 5) is 4.79. The van der Waals surface area contributed by atoms with E-state index in [1.54, 1.807) is 0 Å². The third kappa shape index (κ3) is 3.11. The number of aromatic nitrogens is 1. The Labute approximate surface area is 180 Å². The van der Waals surface area contributed by atoms with Crippen molar-refractivity contribution in [3.8, 4) is 11.3 Å².